The minimum absolute atomic E-state index is 0.252. The summed E-state index contributed by atoms with van der Waals surface area (Å²) in [6.07, 6.45) is 26.9. The molecule has 0 aliphatic carbocycles. The first-order valence-electron chi connectivity index (χ1n) is 21.2. The minimum atomic E-state index is 0.252. The number of benzene rings is 4. The lowest BCUT2D eigenvalue weighted by atomic mass is 9.90. The molecule has 2 aromatic heterocycles. The first-order valence-corrected chi connectivity index (χ1v) is 22.0. The fourth-order valence-electron chi connectivity index (χ4n) is 7.55. The molecule has 0 radical (unpaired) electrons. The molecular formula is C57H59NOS. The van der Waals surface area contributed by atoms with Crippen molar-refractivity contribution in [2.24, 2.45) is 5.92 Å². The van der Waals surface area contributed by atoms with Gasteiger partial charge in [0.25, 0.3) is 0 Å². The molecular weight excluding hydrogens is 747 g/mol. The molecule has 304 valence electrons. The van der Waals surface area contributed by atoms with E-state index in [1.165, 1.54) is 44.0 Å². The third kappa shape index (κ3) is 10.2. The predicted octanol–water partition coefficient (Wildman–Crippen LogP) is 17.6. The van der Waals surface area contributed by atoms with Crippen LogP contribution in [0.4, 0.5) is 0 Å². The van der Waals surface area contributed by atoms with Crippen LogP contribution in [0.5, 0.6) is 0 Å². The second-order valence-corrected chi connectivity index (χ2v) is 16.6. The van der Waals surface area contributed by atoms with E-state index in [-0.39, 0.29) is 5.92 Å². The van der Waals surface area contributed by atoms with Crippen molar-refractivity contribution in [3.63, 3.8) is 0 Å². The van der Waals surface area contributed by atoms with E-state index in [1.807, 2.05) is 6.08 Å². The van der Waals surface area contributed by atoms with Gasteiger partial charge in [0.1, 0.15) is 11.3 Å². The molecule has 2 nitrogen and oxygen atoms in total. The van der Waals surface area contributed by atoms with Crippen molar-refractivity contribution in [2.45, 2.75) is 67.7 Å². The Bertz CT molecular complexity index is 2660. The Labute approximate surface area is 363 Å². The van der Waals surface area contributed by atoms with Gasteiger partial charge in [-0.2, -0.15) is 0 Å². The maximum Gasteiger partial charge on any atom is 0.142 e. The lowest BCUT2D eigenvalue weighted by Gasteiger charge is -2.17. The molecule has 0 N–H and O–H groups in total. The fourth-order valence-corrected chi connectivity index (χ4v) is 8.60. The molecule has 4 aromatic carbocycles. The van der Waals surface area contributed by atoms with Gasteiger partial charge >= 0.3 is 0 Å². The average molecular weight is 806 g/mol. The van der Waals surface area contributed by atoms with Gasteiger partial charge in [-0.1, -0.05) is 173 Å². The number of fused-ring (bicyclic) bond motifs is 1. The summed E-state index contributed by atoms with van der Waals surface area (Å²) in [5.41, 5.74) is 16.0. The van der Waals surface area contributed by atoms with E-state index >= 15 is 0 Å². The highest BCUT2D eigenvalue weighted by Gasteiger charge is 2.19. The van der Waals surface area contributed by atoms with Gasteiger partial charge in [-0.05, 0) is 140 Å². The van der Waals surface area contributed by atoms with Crippen molar-refractivity contribution in [3.8, 4) is 33.4 Å². The van der Waals surface area contributed by atoms with Crippen molar-refractivity contribution < 1.29 is 4.42 Å². The van der Waals surface area contributed by atoms with E-state index in [2.05, 4.69) is 224 Å². The number of hydrogen-bond donors (Lipinski definition) is 0. The van der Waals surface area contributed by atoms with Crippen LogP contribution in [0.2, 0.25) is 0 Å². The number of aromatic nitrogens is 1. The van der Waals surface area contributed by atoms with Crippen LogP contribution in [0.1, 0.15) is 88.9 Å². The third-order valence-electron chi connectivity index (χ3n) is 10.8. The van der Waals surface area contributed by atoms with E-state index in [9.17, 15) is 0 Å². The molecule has 0 fully saturated rings. The molecule has 0 amide bonds. The number of para-hydroxylation sites is 1. The van der Waals surface area contributed by atoms with Crippen LogP contribution < -0.4 is 0 Å². The number of aryl methyl sites for hydroxylation is 1. The van der Waals surface area contributed by atoms with Gasteiger partial charge < -0.3 is 4.42 Å². The molecule has 0 saturated carbocycles. The SMILES string of the molecule is C=Cc1c(-c2cc(C(/C=C\C)=C(C)C)n(S/C(=C/C=C\C)C(C)C/C=C\C(=C)c3cccc(-c4cccc5cc(/C=C\CCC)oc45)c3)c2)cccc1-c1ccccc1C. The molecule has 6 rings (SSSR count). The number of hydrogen-bond acceptors (Lipinski definition) is 2. The average Bonchev–Trinajstić information content (AvgIpc) is 3.88. The highest BCUT2D eigenvalue weighted by Crippen LogP contribution is 2.40. The van der Waals surface area contributed by atoms with Crippen LogP contribution in [0.25, 0.3) is 67.6 Å². The monoisotopic (exact) mass is 805 g/mol. The predicted molar refractivity (Wildman–Crippen MR) is 267 cm³/mol. The van der Waals surface area contributed by atoms with Crippen molar-refractivity contribution in [1.82, 2.24) is 3.97 Å². The Kier molecular flexibility index (Phi) is 15.1. The van der Waals surface area contributed by atoms with Crippen LogP contribution in [-0.4, -0.2) is 3.97 Å². The molecule has 0 aliphatic rings. The lowest BCUT2D eigenvalue weighted by molar-refractivity contribution is 0.605. The molecule has 0 aliphatic heterocycles. The van der Waals surface area contributed by atoms with E-state index in [0.29, 0.717) is 0 Å². The summed E-state index contributed by atoms with van der Waals surface area (Å²) in [5, 5.41) is 1.11. The number of furan rings is 1. The van der Waals surface area contributed by atoms with Crippen molar-refractivity contribution in [1.29, 1.82) is 0 Å². The molecule has 1 atom stereocenters. The highest BCUT2D eigenvalue weighted by atomic mass is 32.2. The second kappa shape index (κ2) is 20.8. The smallest absolute Gasteiger partial charge is 0.142 e. The second-order valence-electron chi connectivity index (χ2n) is 15.5. The summed E-state index contributed by atoms with van der Waals surface area (Å²) in [5.74, 6) is 1.14. The summed E-state index contributed by atoms with van der Waals surface area (Å²) in [7, 11) is 0. The minimum Gasteiger partial charge on any atom is -0.456 e. The molecule has 6 aromatic rings. The Balaban J connectivity index is 1.27. The first kappa shape index (κ1) is 43.5. The van der Waals surface area contributed by atoms with Crippen molar-refractivity contribution in [2.75, 3.05) is 0 Å². The van der Waals surface area contributed by atoms with Crippen LogP contribution >= 0.6 is 11.9 Å². The normalized spacial score (nSPS) is 12.8. The zero-order valence-electron chi connectivity index (χ0n) is 36.5. The van der Waals surface area contributed by atoms with Crippen LogP contribution in [-0.2, 0) is 0 Å². The van der Waals surface area contributed by atoms with Gasteiger partial charge in [0.15, 0.2) is 0 Å². The summed E-state index contributed by atoms with van der Waals surface area (Å²) in [4.78, 5) is 1.27. The molecule has 0 spiro atoms. The van der Waals surface area contributed by atoms with Crippen LogP contribution in [0.3, 0.4) is 0 Å². The summed E-state index contributed by atoms with van der Waals surface area (Å²) < 4.78 is 8.70. The van der Waals surface area contributed by atoms with Crippen LogP contribution in [0.15, 0.2) is 180 Å². The maximum atomic E-state index is 6.34. The van der Waals surface area contributed by atoms with Gasteiger partial charge in [-0.15, -0.1) is 0 Å². The maximum absolute atomic E-state index is 6.34. The molecule has 3 heteroatoms. The molecule has 60 heavy (non-hydrogen) atoms. The Morgan fingerprint density at radius 1 is 0.817 bits per heavy atom. The number of unbranched alkanes of at least 4 members (excludes halogenated alkanes) is 1. The number of rotatable bonds is 17. The lowest BCUT2D eigenvalue weighted by Crippen LogP contribution is -2.00. The van der Waals surface area contributed by atoms with Gasteiger partial charge in [0.2, 0.25) is 0 Å². The quantitative estimate of drug-likeness (QED) is 0.0855. The standard InChI is InChI=1S/C57H59NOS/c1-10-14-16-30-48-37-46-29-21-33-53(57(46)59-48)45-28-20-27-44(36-45)41(7)25-19-26-43(9)56(35-15-11-2)60-58-39-47(38-55(58)50(23-12-3)40(5)6)52-32-22-34-54(49(52)13-4)51-31-18-17-24-42(51)8/h11-13,15-25,27-39,43H,4,7,10,14,26H2,1-3,5-6,8-9H3/b15-11-,23-12-,25-19-,30-16-,56-35+. The molecule has 0 saturated heterocycles. The zero-order chi connectivity index (χ0) is 42.6. The molecule has 1 unspecified atom stereocenters. The van der Waals surface area contributed by atoms with Gasteiger partial charge in [-0.3, -0.25) is 3.97 Å². The van der Waals surface area contributed by atoms with Gasteiger partial charge in [-0.25, -0.2) is 0 Å². The zero-order valence-corrected chi connectivity index (χ0v) is 37.3. The van der Waals surface area contributed by atoms with E-state index < -0.39 is 0 Å². The number of allylic oxidation sites excluding steroid dienone is 12. The Hall–Kier alpha value is -6.03. The fraction of sp³-hybridized carbons (Fsp3) is 0.193. The summed E-state index contributed by atoms with van der Waals surface area (Å²) in [6.45, 7) is 24.0. The topological polar surface area (TPSA) is 18.1 Å². The largest absolute Gasteiger partial charge is 0.456 e. The van der Waals surface area contributed by atoms with Crippen molar-refractivity contribution in [3.05, 3.63) is 204 Å². The third-order valence-corrected chi connectivity index (χ3v) is 12.0. The van der Waals surface area contributed by atoms with Crippen LogP contribution in [0, 0.1) is 12.8 Å². The van der Waals surface area contributed by atoms with E-state index in [4.69, 9.17) is 4.42 Å². The van der Waals surface area contributed by atoms with Gasteiger partial charge in [0.05, 0.1) is 5.69 Å². The first-order chi connectivity index (χ1) is 29.2. The van der Waals surface area contributed by atoms with Crippen molar-refractivity contribution >= 4 is 46.2 Å². The highest BCUT2D eigenvalue weighted by molar-refractivity contribution is 8.01. The summed E-state index contributed by atoms with van der Waals surface area (Å²) in [6, 6.07) is 34.6. The van der Waals surface area contributed by atoms with E-state index in [1.54, 1.807) is 11.9 Å². The molecule has 2 heterocycles. The Morgan fingerprint density at radius 3 is 2.32 bits per heavy atom. The summed E-state index contributed by atoms with van der Waals surface area (Å²) >= 11 is 1.79. The van der Waals surface area contributed by atoms with E-state index in [0.717, 1.165) is 69.4 Å². The number of nitrogens with zero attached hydrogens (tertiary/aromatic N) is 1. The molecule has 0 bridgehead atoms. The Morgan fingerprint density at radius 2 is 1.57 bits per heavy atom. The van der Waals surface area contributed by atoms with Gasteiger partial charge in [0, 0.05) is 27.6 Å².